The molecule has 6 nitrogen and oxygen atoms in total. The zero-order chi connectivity index (χ0) is 16.5. The third kappa shape index (κ3) is 2.46. The monoisotopic (exact) mass is 337 g/mol. The molecule has 0 saturated heterocycles. The van der Waals surface area contributed by atoms with E-state index in [1.54, 1.807) is 18.3 Å². The van der Waals surface area contributed by atoms with Gasteiger partial charge in [0.25, 0.3) is 5.91 Å². The average Bonchev–Trinajstić information content (AvgIpc) is 3.12. The van der Waals surface area contributed by atoms with Crippen LogP contribution in [0.3, 0.4) is 0 Å². The van der Waals surface area contributed by atoms with Crippen molar-refractivity contribution in [2.75, 3.05) is 18.1 Å². The number of para-hydroxylation sites is 1. The molecule has 1 aliphatic rings. The van der Waals surface area contributed by atoms with Gasteiger partial charge in [-0.05, 0) is 30.5 Å². The lowest BCUT2D eigenvalue weighted by atomic mass is 10.2. The second kappa shape index (κ2) is 6.09. The summed E-state index contributed by atoms with van der Waals surface area (Å²) in [7, 11) is 0. The van der Waals surface area contributed by atoms with E-state index in [1.165, 1.54) is 11.8 Å². The molecule has 1 aliphatic heterocycles. The van der Waals surface area contributed by atoms with E-state index < -0.39 is 0 Å². The van der Waals surface area contributed by atoms with E-state index in [4.69, 9.17) is 0 Å². The minimum absolute atomic E-state index is 0.322. The van der Waals surface area contributed by atoms with Crippen molar-refractivity contribution < 1.29 is 4.79 Å². The van der Waals surface area contributed by atoms with Crippen LogP contribution >= 0.6 is 11.8 Å². The summed E-state index contributed by atoms with van der Waals surface area (Å²) in [5.41, 5.74) is 1.75. The predicted octanol–water partition coefficient (Wildman–Crippen LogP) is 2.32. The summed E-state index contributed by atoms with van der Waals surface area (Å²) >= 11 is 1.43. The minimum Gasteiger partial charge on any atom is -0.369 e. The number of thioether (sulfide) groups is 1. The van der Waals surface area contributed by atoms with Gasteiger partial charge in [0.1, 0.15) is 10.8 Å². The molecule has 1 N–H and O–H groups in total. The zero-order valence-corrected chi connectivity index (χ0v) is 13.9. The predicted molar refractivity (Wildman–Crippen MR) is 94.1 cm³/mol. The maximum atomic E-state index is 12.6. The van der Waals surface area contributed by atoms with Crippen molar-refractivity contribution in [1.29, 1.82) is 0 Å². The maximum absolute atomic E-state index is 12.6. The molecule has 0 aliphatic carbocycles. The standard InChI is InChI=1S/C17H15N5OS/c1-24-16-12(6-4-8-19-16)15(23)21-17-20-13-7-3-2-5-11(13)14-18-9-10-22(14)17/h2-8,18H,9-10H2,1H3. The van der Waals surface area contributed by atoms with Crippen molar-refractivity contribution in [2.45, 2.75) is 11.6 Å². The average molecular weight is 337 g/mol. The van der Waals surface area contributed by atoms with Crippen molar-refractivity contribution in [2.24, 2.45) is 4.99 Å². The number of rotatable bonds is 2. The molecule has 0 fully saturated rings. The number of hydrogen-bond donors (Lipinski definition) is 1. The summed E-state index contributed by atoms with van der Waals surface area (Å²) in [5.74, 6) is 0.639. The summed E-state index contributed by atoms with van der Waals surface area (Å²) in [6, 6.07) is 11.3. The van der Waals surface area contributed by atoms with Crippen molar-refractivity contribution in [3.8, 4) is 0 Å². The van der Waals surface area contributed by atoms with Gasteiger partial charge in [0.15, 0.2) is 0 Å². The van der Waals surface area contributed by atoms with E-state index in [-0.39, 0.29) is 5.91 Å². The molecule has 2 aromatic heterocycles. The van der Waals surface area contributed by atoms with Gasteiger partial charge in [-0.25, -0.2) is 9.97 Å². The van der Waals surface area contributed by atoms with Gasteiger partial charge in [-0.3, -0.25) is 9.36 Å². The first-order chi connectivity index (χ1) is 11.8. The van der Waals surface area contributed by atoms with Gasteiger partial charge in [-0.15, -0.1) is 11.8 Å². The maximum Gasteiger partial charge on any atom is 0.283 e. The number of benzene rings is 1. The Balaban J connectivity index is 1.90. The Morgan fingerprint density at radius 3 is 3.04 bits per heavy atom. The Bertz CT molecular complexity index is 1010. The molecule has 7 heteroatoms. The number of nitrogens with zero attached hydrogens (tertiary/aromatic N) is 4. The molecule has 0 spiro atoms. The number of nitrogens with one attached hydrogen (secondary N) is 1. The van der Waals surface area contributed by atoms with Crippen molar-refractivity contribution >= 4 is 34.4 Å². The molecule has 0 unspecified atom stereocenters. The Kier molecular flexibility index (Phi) is 3.78. The van der Waals surface area contributed by atoms with Gasteiger partial charge < -0.3 is 5.32 Å². The molecular weight excluding hydrogens is 322 g/mol. The first kappa shape index (κ1) is 14.9. The third-order valence-electron chi connectivity index (χ3n) is 3.92. The summed E-state index contributed by atoms with van der Waals surface area (Å²) in [6.45, 7) is 1.54. The Labute approximate surface area is 142 Å². The molecule has 3 heterocycles. The first-order valence-corrected chi connectivity index (χ1v) is 8.82. The molecule has 0 bridgehead atoms. The van der Waals surface area contributed by atoms with Gasteiger partial charge in [-0.2, -0.15) is 4.99 Å². The Morgan fingerprint density at radius 1 is 1.29 bits per heavy atom. The van der Waals surface area contributed by atoms with Crippen LogP contribution < -0.4 is 10.9 Å². The van der Waals surface area contributed by atoms with Crippen LogP contribution in [0.15, 0.2) is 52.6 Å². The van der Waals surface area contributed by atoms with Gasteiger partial charge in [0.05, 0.1) is 11.1 Å². The molecule has 0 atom stereocenters. The summed E-state index contributed by atoms with van der Waals surface area (Å²) < 4.78 is 1.95. The SMILES string of the molecule is CSc1ncccc1C(=O)N=c1nc2ccccc2c2n1CCN2. The van der Waals surface area contributed by atoms with Crippen LogP contribution in [0, 0.1) is 0 Å². The summed E-state index contributed by atoms with van der Waals surface area (Å²) in [5, 5.41) is 5.06. The van der Waals surface area contributed by atoms with Crippen LogP contribution in [-0.4, -0.2) is 33.2 Å². The van der Waals surface area contributed by atoms with E-state index in [0.717, 1.165) is 29.8 Å². The Morgan fingerprint density at radius 2 is 2.17 bits per heavy atom. The summed E-state index contributed by atoms with van der Waals surface area (Å²) in [6.07, 6.45) is 3.57. The van der Waals surface area contributed by atoms with Crippen LogP contribution in [0.5, 0.6) is 0 Å². The third-order valence-corrected chi connectivity index (χ3v) is 4.63. The van der Waals surface area contributed by atoms with Crippen molar-refractivity contribution in [1.82, 2.24) is 14.5 Å². The highest BCUT2D eigenvalue weighted by Gasteiger charge is 2.17. The highest BCUT2D eigenvalue weighted by Crippen LogP contribution is 2.22. The van der Waals surface area contributed by atoms with Crippen LogP contribution in [0.2, 0.25) is 0 Å². The van der Waals surface area contributed by atoms with Gasteiger partial charge in [-0.1, -0.05) is 12.1 Å². The van der Waals surface area contributed by atoms with Crippen LogP contribution in [0.1, 0.15) is 10.4 Å². The zero-order valence-electron chi connectivity index (χ0n) is 13.1. The van der Waals surface area contributed by atoms with Gasteiger partial charge in [0, 0.05) is 24.7 Å². The van der Waals surface area contributed by atoms with Crippen molar-refractivity contribution in [3.05, 3.63) is 53.8 Å². The lowest BCUT2D eigenvalue weighted by molar-refractivity contribution is 0.0993. The number of pyridine rings is 1. The fraction of sp³-hybridized carbons (Fsp3) is 0.176. The first-order valence-electron chi connectivity index (χ1n) is 7.59. The molecule has 0 saturated carbocycles. The van der Waals surface area contributed by atoms with E-state index in [0.29, 0.717) is 16.2 Å². The van der Waals surface area contributed by atoms with E-state index in [9.17, 15) is 4.79 Å². The number of carbonyl (C=O) groups excluding carboxylic acids is 1. The fourth-order valence-corrected chi connectivity index (χ4v) is 3.37. The van der Waals surface area contributed by atoms with Crippen LogP contribution in [0.25, 0.3) is 10.9 Å². The van der Waals surface area contributed by atoms with Crippen molar-refractivity contribution in [3.63, 3.8) is 0 Å². The smallest absolute Gasteiger partial charge is 0.283 e. The number of aromatic nitrogens is 3. The number of hydrogen-bond acceptors (Lipinski definition) is 5. The van der Waals surface area contributed by atoms with Gasteiger partial charge in [0.2, 0.25) is 5.62 Å². The second-order valence-electron chi connectivity index (χ2n) is 5.33. The molecule has 1 amide bonds. The van der Waals surface area contributed by atoms with E-state index in [2.05, 4.69) is 20.3 Å². The second-order valence-corrected chi connectivity index (χ2v) is 6.13. The molecular formula is C17H15N5OS. The molecule has 0 radical (unpaired) electrons. The largest absolute Gasteiger partial charge is 0.369 e. The summed E-state index contributed by atoms with van der Waals surface area (Å²) in [4.78, 5) is 25.7. The number of fused-ring (bicyclic) bond motifs is 3. The molecule has 4 rings (SSSR count). The lowest BCUT2D eigenvalue weighted by Crippen LogP contribution is -2.24. The molecule has 120 valence electrons. The fourth-order valence-electron chi connectivity index (χ4n) is 2.83. The number of amides is 1. The topological polar surface area (TPSA) is 72.2 Å². The Hall–Kier alpha value is -2.67. The molecule has 24 heavy (non-hydrogen) atoms. The quantitative estimate of drug-likeness (QED) is 0.727. The lowest BCUT2D eigenvalue weighted by Gasteiger charge is -2.08. The normalized spacial score (nSPS) is 13.8. The number of carbonyl (C=O) groups is 1. The molecule has 1 aromatic carbocycles. The van der Waals surface area contributed by atoms with Crippen LogP contribution in [0.4, 0.5) is 5.82 Å². The van der Waals surface area contributed by atoms with E-state index in [1.807, 2.05) is 35.1 Å². The van der Waals surface area contributed by atoms with Crippen LogP contribution in [-0.2, 0) is 6.54 Å². The van der Waals surface area contributed by atoms with Gasteiger partial charge >= 0.3 is 0 Å². The highest BCUT2D eigenvalue weighted by molar-refractivity contribution is 7.98. The molecule has 3 aromatic rings. The highest BCUT2D eigenvalue weighted by atomic mass is 32.2. The van der Waals surface area contributed by atoms with E-state index >= 15 is 0 Å². The minimum atomic E-state index is -0.322. The number of anilines is 1.